The molecule has 0 aliphatic carbocycles. The molecule has 116 valence electrons. The van der Waals surface area contributed by atoms with E-state index in [0.29, 0.717) is 11.6 Å². The first-order valence-electron chi connectivity index (χ1n) is 6.28. The number of sulfone groups is 1. The van der Waals surface area contributed by atoms with Crippen LogP contribution >= 0.6 is 0 Å². The zero-order valence-electron chi connectivity index (χ0n) is 11.6. The third-order valence-electron chi connectivity index (χ3n) is 2.80. The summed E-state index contributed by atoms with van der Waals surface area (Å²) in [7, 11) is -3.22. The minimum Gasteiger partial charge on any atom is -0.319 e. The average Bonchev–Trinajstić information content (AvgIpc) is 2.40. The fourth-order valence-corrected chi connectivity index (χ4v) is 2.68. The second-order valence-corrected chi connectivity index (χ2v) is 6.99. The number of benzene rings is 2. The molecule has 0 atom stereocenters. The Balaban J connectivity index is 2.21. The monoisotopic (exact) mass is 325 g/mol. The van der Waals surface area contributed by atoms with Crippen LogP contribution < -0.4 is 5.32 Å². The van der Waals surface area contributed by atoms with Crippen LogP contribution in [0.2, 0.25) is 0 Å². The Morgan fingerprint density at radius 1 is 1.14 bits per heavy atom. The second-order valence-electron chi connectivity index (χ2n) is 4.85. The van der Waals surface area contributed by atoms with Gasteiger partial charge in [-0.15, -0.1) is 0 Å². The van der Waals surface area contributed by atoms with Crippen LogP contribution in [0.1, 0.15) is 15.9 Å². The molecular weight excluding hydrogens is 312 g/mol. The lowest BCUT2D eigenvalue weighted by atomic mass is 10.1. The number of carbonyl (C=O) groups is 1. The first kappa shape index (κ1) is 16.1. The Hall–Kier alpha value is -2.28. The van der Waals surface area contributed by atoms with Gasteiger partial charge in [0.2, 0.25) is 0 Å². The van der Waals surface area contributed by atoms with Crippen molar-refractivity contribution in [1.82, 2.24) is 0 Å². The number of anilines is 1. The molecule has 2 aromatic carbocycles. The van der Waals surface area contributed by atoms with E-state index in [-0.39, 0.29) is 17.0 Å². The second kappa shape index (κ2) is 6.23. The number of nitrogens with one attached hydrogen (secondary N) is 1. The van der Waals surface area contributed by atoms with Crippen molar-refractivity contribution in [2.75, 3.05) is 11.6 Å². The van der Waals surface area contributed by atoms with Crippen molar-refractivity contribution in [3.63, 3.8) is 0 Å². The Morgan fingerprint density at radius 2 is 1.86 bits per heavy atom. The molecule has 1 N–H and O–H groups in total. The largest absolute Gasteiger partial charge is 0.319 e. The third kappa shape index (κ3) is 4.36. The molecule has 0 saturated carbocycles. The van der Waals surface area contributed by atoms with E-state index in [1.807, 2.05) is 0 Å². The number of carbonyl (C=O) groups excluding carboxylic acids is 1. The van der Waals surface area contributed by atoms with Gasteiger partial charge in [0.05, 0.1) is 11.4 Å². The summed E-state index contributed by atoms with van der Waals surface area (Å²) < 4.78 is 48.8. The lowest BCUT2D eigenvalue weighted by Gasteiger charge is -2.08. The lowest BCUT2D eigenvalue weighted by molar-refractivity contribution is 0.102. The highest BCUT2D eigenvalue weighted by Gasteiger charge is 2.12. The van der Waals surface area contributed by atoms with Gasteiger partial charge in [-0.05, 0) is 29.8 Å². The van der Waals surface area contributed by atoms with Gasteiger partial charge in [0.25, 0.3) is 5.91 Å². The summed E-state index contributed by atoms with van der Waals surface area (Å²) in [6.07, 6.45) is 1.09. The predicted molar refractivity (Wildman–Crippen MR) is 79.3 cm³/mol. The molecule has 0 aromatic heterocycles. The number of amides is 1. The maximum Gasteiger partial charge on any atom is 0.255 e. The smallest absolute Gasteiger partial charge is 0.255 e. The fraction of sp³-hybridized carbons (Fsp3) is 0.133. The SMILES string of the molecule is CS(=O)(=O)Cc1cccc(C(=O)Nc2ccc(F)cc2F)c1. The first-order valence-corrected chi connectivity index (χ1v) is 8.34. The first-order chi connectivity index (χ1) is 10.2. The summed E-state index contributed by atoms with van der Waals surface area (Å²) in [5.74, 6) is -2.44. The maximum atomic E-state index is 13.5. The van der Waals surface area contributed by atoms with Crippen molar-refractivity contribution in [1.29, 1.82) is 0 Å². The Labute approximate surface area is 126 Å². The molecule has 0 fully saturated rings. The van der Waals surface area contributed by atoms with Gasteiger partial charge in [-0.25, -0.2) is 17.2 Å². The quantitative estimate of drug-likeness (QED) is 0.940. The van der Waals surface area contributed by atoms with E-state index < -0.39 is 27.4 Å². The Morgan fingerprint density at radius 3 is 2.50 bits per heavy atom. The van der Waals surface area contributed by atoms with Gasteiger partial charge in [-0.3, -0.25) is 4.79 Å². The molecule has 0 heterocycles. The van der Waals surface area contributed by atoms with Crippen molar-refractivity contribution < 1.29 is 22.0 Å². The molecule has 2 aromatic rings. The van der Waals surface area contributed by atoms with E-state index in [4.69, 9.17) is 0 Å². The molecule has 1 amide bonds. The molecule has 2 rings (SSSR count). The highest BCUT2D eigenvalue weighted by atomic mass is 32.2. The van der Waals surface area contributed by atoms with E-state index in [0.717, 1.165) is 18.4 Å². The summed E-state index contributed by atoms with van der Waals surface area (Å²) >= 11 is 0. The van der Waals surface area contributed by atoms with E-state index in [9.17, 15) is 22.0 Å². The maximum absolute atomic E-state index is 13.5. The molecule has 22 heavy (non-hydrogen) atoms. The van der Waals surface area contributed by atoms with E-state index >= 15 is 0 Å². The molecular formula is C15H13F2NO3S. The molecule has 0 unspecified atom stereocenters. The van der Waals surface area contributed by atoms with E-state index in [2.05, 4.69) is 5.32 Å². The topological polar surface area (TPSA) is 63.2 Å². The summed E-state index contributed by atoms with van der Waals surface area (Å²) in [5, 5.41) is 2.31. The van der Waals surface area contributed by atoms with Crippen LogP contribution in [0.25, 0.3) is 0 Å². The highest BCUT2D eigenvalue weighted by Crippen LogP contribution is 2.17. The predicted octanol–water partition coefficient (Wildman–Crippen LogP) is 2.76. The molecule has 0 aliphatic heterocycles. The standard InChI is InChI=1S/C15H13F2NO3S/c1-22(20,21)9-10-3-2-4-11(7-10)15(19)18-14-6-5-12(16)8-13(14)17/h2-8H,9H2,1H3,(H,18,19). The van der Waals surface area contributed by atoms with Crippen LogP contribution in [0, 0.1) is 11.6 Å². The van der Waals surface area contributed by atoms with Crippen LogP contribution in [-0.4, -0.2) is 20.6 Å². The zero-order chi connectivity index (χ0) is 16.3. The number of hydrogen-bond donors (Lipinski definition) is 1. The summed E-state index contributed by atoms with van der Waals surface area (Å²) in [5.41, 5.74) is 0.486. The minimum atomic E-state index is -3.22. The summed E-state index contributed by atoms with van der Waals surface area (Å²) in [6, 6.07) is 8.81. The van der Waals surface area contributed by atoms with Crippen LogP contribution in [-0.2, 0) is 15.6 Å². The highest BCUT2D eigenvalue weighted by molar-refractivity contribution is 7.89. The fourth-order valence-electron chi connectivity index (χ4n) is 1.89. The summed E-state index contributed by atoms with van der Waals surface area (Å²) in [4.78, 5) is 12.0. The van der Waals surface area contributed by atoms with E-state index in [1.54, 1.807) is 6.07 Å². The van der Waals surface area contributed by atoms with Crippen LogP contribution in [0.3, 0.4) is 0 Å². The third-order valence-corrected chi connectivity index (χ3v) is 3.66. The molecule has 0 radical (unpaired) electrons. The van der Waals surface area contributed by atoms with E-state index in [1.165, 1.54) is 18.2 Å². The Kier molecular flexibility index (Phi) is 4.56. The van der Waals surface area contributed by atoms with Crippen molar-refractivity contribution in [2.24, 2.45) is 0 Å². The zero-order valence-corrected chi connectivity index (χ0v) is 12.5. The number of hydrogen-bond acceptors (Lipinski definition) is 3. The van der Waals surface area contributed by atoms with Gasteiger partial charge in [-0.2, -0.15) is 0 Å². The van der Waals surface area contributed by atoms with Crippen molar-refractivity contribution >= 4 is 21.4 Å². The number of halogens is 2. The molecule has 0 spiro atoms. The van der Waals surface area contributed by atoms with Gasteiger partial charge in [0, 0.05) is 17.9 Å². The van der Waals surface area contributed by atoms with Gasteiger partial charge >= 0.3 is 0 Å². The van der Waals surface area contributed by atoms with Gasteiger partial charge < -0.3 is 5.32 Å². The van der Waals surface area contributed by atoms with Crippen molar-refractivity contribution in [2.45, 2.75) is 5.75 Å². The van der Waals surface area contributed by atoms with Gasteiger partial charge in [-0.1, -0.05) is 12.1 Å². The molecule has 4 nitrogen and oxygen atoms in total. The minimum absolute atomic E-state index is 0.153. The molecule has 0 saturated heterocycles. The van der Waals surface area contributed by atoms with Crippen molar-refractivity contribution in [3.05, 3.63) is 65.2 Å². The van der Waals surface area contributed by atoms with Gasteiger partial charge in [0.15, 0.2) is 9.84 Å². The van der Waals surface area contributed by atoms with Crippen LogP contribution in [0.15, 0.2) is 42.5 Å². The van der Waals surface area contributed by atoms with Crippen LogP contribution in [0.4, 0.5) is 14.5 Å². The Bertz CT molecular complexity index is 819. The molecule has 0 bridgehead atoms. The molecule has 0 aliphatic rings. The summed E-state index contributed by atoms with van der Waals surface area (Å²) in [6.45, 7) is 0. The normalized spacial score (nSPS) is 11.2. The molecule has 7 heteroatoms. The lowest BCUT2D eigenvalue weighted by Crippen LogP contribution is -2.13. The number of rotatable bonds is 4. The van der Waals surface area contributed by atoms with Crippen molar-refractivity contribution in [3.8, 4) is 0 Å². The van der Waals surface area contributed by atoms with Gasteiger partial charge in [0.1, 0.15) is 11.6 Å². The van der Waals surface area contributed by atoms with Crippen LogP contribution in [0.5, 0.6) is 0 Å². The average molecular weight is 325 g/mol.